The molecule has 0 aromatic heterocycles. The first kappa shape index (κ1) is 4.30. The summed E-state index contributed by atoms with van der Waals surface area (Å²) >= 11 is 0. The molecule has 0 aromatic rings. The first-order chi connectivity index (χ1) is 3.22. The topological polar surface area (TPSA) is 43.4 Å². The Morgan fingerprint density at radius 3 is 2.14 bits per heavy atom. The van der Waals surface area contributed by atoms with E-state index in [1.54, 1.807) is 6.92 Å². The smallest absolute Gasteiger partial charge is 0.379 e. The van der Waals surface area contributed by atoms with Gasteiger partial charge < -0.3 is 4.74 Å². The third-order valence-electron chi connectivity index (χ3n) is 0.854. The second-order valence-electron chi connectivity index (χ2n) is 1.41. The van der Waals surface area contributed by atoms with E-state index in [1.165, 1.54) is 0 Å². The van der Waals surface area contributed by atoms with E-state index < -0.39 is 17.9 Å². The summed E-state index contributed by atoms with van der Waals surface area (Å²) < 4.78 is 4.26. The van der Waals surface area contributed by atoms with Crippen molar-refractivity contribution in [3.05, 3.63) is 0 Å². The van der Waals surface area contributed by atoms with Crippen molar-refractivity contribution in [1.29, 1.82) is 0 Å². The van der Waals surface area contributed by atoms with Gasteiger partial charge in [-0.25, -0.2) is 4.79 Å². The number of cyclic esters (lactones) is 1. The summed E-state index contributed by atoms with van der Waals surface area (Å²) in [5.41, 5.74) is 0. The molecule has 0 saturated carbocycles. The van der Waals surface area contributed by atoms with E-state index >= 15 is 0 Å². The molecule has 0 amide bonds. The molecule has 0 bridgehead atoms. The highest BCUT2D eigenvalue weighted by Crippen LogP contribution is 2.05. The molecule has 0 aromatic carbocycles. The molecule has 38 valence electrons. The number of carbonyl (C=O) groups excluding carboxylic acids is 2. The summed E-state index contributed by atoms with van der Waals surface area (Å²) in [6.07, 6.45) is -0.479. The Balaban J connectivity index is 2.60. The van der Waals surface area contributed by atoms with Gasteiger partial charge in [-0.05, 0) is 6.92 Å². The normalized spacial score (nSPS) is 29.0. The highest BCUT2D eigenvalue weighted by atomic mass is 16.6. The van der Waals surface area contributed by atoms with E-state index in [0.29, 0.717) is 0 Å². The Kier molecular flexibility index (Phi) is 0.648. The van der Waals surface area contributed by atoms with E-state index in [1.807, 2.05) is 0 Å². The Morgan fingerprint density at radius 1 is 1.57 bits per heavy atom. The number of hydrogen-bond acceptors (Lipinski definition) is 3. The molecule has 1 saturated heterocycles. The first-order valence-electron chi connectivity index (χ1n) is 1.96. The van der Waals surface area contributed by atoms with Gasteiger partial charge in [0.25, 0.3) is 5.78 Å². The first-order valence-corrected chi connectivity index (χ1v) is 1.96. The standard InChI is InChI=1S/C4H4O3/c1-2-3(5)4(6)7-2/h2H,1H3. The average molecular weight is 100 g/mol. The van der Waals surface area contributed by atoms with Crippen LogP contribution >= 0.6 is 0 Å². The summed E-state index contributed by atoms with van der Waals surface area (Å²) in [6, 6.07) is 0. The minimum atomic E-state index is -0.701. The number of Topliss-reactive ketones (excluding diaryl/α,β-unsaturated/α-hetero) is 1. The van der Waals surface area contributed by atoms with E-state index in [0.717, 1.165) is 0 Å². The van der Waals surface area contributed by atoms with E-state index in [2.05, 4.69) is 4.74 Å². The van der Waals surface area contributed by atoms with Crippen molar-refractivity contribution in [2.75, 3.05) is 0 Å². The van der Waals surface area contributed by atoms with Crippen molar-refractivity contribution < 1.29 is 14.3 Å². The fraction of sp³-hybridized carbons (Fsp3) is 0.500. The van der Waals surface area contributed by atoms with Crippen LogP contribution in [0.25, 0.3) is 0 Å². The maximum absolute atomic E-state index is 10.1. The second-order valence-corrected chi connectivity index (χ2v) is 1.41. The molecule has 1 aliphatic heterocycles. The lowest BCUT2D eigenvalue weighted by molar-refractivity contribution is -0.177. The van der Waals surface area contributed by atoms with E-state index in [9.17, 15) is 9.59 Å². The molecule has 7 heavy (non-hydrogen) atoms. The molecule has 3 heteroatoms. The number of esters is 1. The molecule has 0 spiro atoms. The minimum absolute atomic E-state index is 0.417. The monoisotopic (exact) mass is 100 g/mol. The lowest BCUT2D eigenvalue weighted by atomic mass is 10.2. The van der Waals surface area contributed by atoms with Gasteiger partial charge in [-0.1, -0.05) is 0 Å². The van der Waals surface area contributed by atoms with Crippen molar-refractivity contribution in [3.8, 4) is 0 Å². The molecule has 0 radical (unpaired) electrons. The van der Waals surface area contributed by atoms with Crippen LogP contribution in [0.2, 0.25) is 0 Å². The van der Waals surface area contributed by atoms with Gasteiger partial charge in [0.1, 0.15) is 0 Å². The fourth-order valence-electron chi connectivity index (χ4n) is 0.380. The summed E-state index contributed by atoms with van der Waals surface area (Å²) in [4.78, 5) is 20.0. The highest BCUT2D eigenvalue weighted by Gasteiger charge is 2.36. The zero-order chi connectivity index (χ0) is 5.44. The number of rotatable bonds is 0. The van der Waals surface area contributed by atoms with Crippen LogP contribution in [0.4, 0.5) is 0 Å². The van der Waals surface area contributed by atoms with Gasteiger partial charge in [0.05, 0.1) is 0 Å². The lowest BCUT2D eigenvalue weighted by Gasteiger charge is -2.18. The van der Waals surface area contributed by atoms with Gasteiger partial charge >= 0.3 is 5.97 Å². The quantitative estimate of drug-likeness (QED) is 0.304. The van der Waals surface area contributed by atoms with Crippen LogP contribution in [0.5, 0.6) is 0 Å². The summed E-state index contributed by atoms with van der Waals surface area (Å²) in [5.74, 6) is -1.12. The SMILES string of the molecule is CC1OC(=O)C1=O. The van der Waals surface area contributed by atoms with Crippen molar-refractivity contribution in [2.45, 2.75) is 13.0 Å². The number of carbonyl (C=O) groups is 2. The third kappa shape index (κ3) is 0.408. The summed E-state index contributed by atoms with van der Waals surface area (Å²) in [7, 11) is 0. The second kappa shape index (κ2) is 1.05. The van der Waals surface area contributed by atoms with Crippen molar-refractivity contribution in [2.24, 2.45) is 0 Å². The van der Waals surface area contributed by atoms with E-state index in [4.69, 9.17) is 0 Å². The van der Waals surface area contributed by atoms with Crippen molar-refractivity contribution in [1.82, 2.24) is 0 Å². The molecule has 0 aliphatic carbocycles. The van der Waals surface area contributed by atoms with Gasteiger partial charge in [-0.2, -0.15) is 0 Å². The summed E-state index contributed by atoms with van der Waals surface area (Å²) in [5, 5.41) is 0. The predicted molar refractivity (Wildman–Crippen MR) is 20.6 cm³/mol. The molecule has 0 N–H and O–H groups in total. The van der Waals surface area contributed by atoms with E-state index in [-0.39, 0.29) is 0 Å². The van der Waals surface area contributed by atoms with Gasteiger partial charge in [0, 0.05) is 0 Å². The van der Waals surface area contributed by atoms with Gasteiger partial charge in [0.15, 0.2) is 6.10 Å². The molecule has 1 unspecified atom stereocenters. The molecule has 1 rings (SSSR count). The molecule has 1 fully saturated rings. The largest absolute Gasteiger partial charge is 0.448 e. The van der Waals surface area contributed by atoms with Crippen LogP contribution < -0.4 is 0 Å². The maximum Gasteiger partial charge on any atom is 0.379 e. The zero-order valence-corrected chi connectivity index (χ0v) is 3.80. The van der Waals surface area contributed by atoms with Gasteiger partial charge in [0.2, 0.25) is 0 Å². The number of ketones is 1. The van der Waals surface area contributed by atoms with Crippen LogP contribution in [0.15, 0.2) is 0 Å². The van der Waals surface area contributed by atoms with Crippen molar-refractivity contribution >= 4 is 11.8 Å². The predicted octanol–water partition coefficient (Wildman–Crippen LogP) is -0.499. The molecule has 1 aliphatic rings. The Hall–Kier alpha value is -0.860. The maximum atomic E-state index is 10.1. The van der Waals surface area contributed by atoms with Crippen LogP contribution in [0, 0.1) is 0 Å². The number of hydrogen-bond donors (Lipinski definition) is 0. The molecule has 1 heterocycles. The summed E-state index contributed by atoms with van der Waals surface area (Å²) in [6.45, 7) is 1.55. The molecular formula is C4H4O3. The van der Waals surface area contributed by atoms with Crippen LogP contribution in [0.1, 0.15) is 6.92 Å². The minimum Gasteiger partial charge on any atom is -0.448 e. The Bertz CT molecular complexity index is 127. The molecular weight excluding hydrogens is 96.0 g/mol. The molecule has 1 atom stereocenters. The lowest BCUT2D eigenvalue weighted by Crippen LogP contribution is -2.43. The third-order valence-corrected chi connectivity index (χ3v) is 0.854. The fourth-order valence-corrected chi connectivity index (χ4v) is 0.380. The van der Waals surface area contributed by atoms with Gasteiger partial charge in [-0.15, -0.1) is 0 Å². The van der Waals surface area contributed by atoms with Gasteiger partial charge in [-0.3, -0.25) is 4.79 Å². The number of ether oxygens (including phenoxy) is 1. The average Bonchev–Trinajstić information content (AvgIpc) is 1.68. The Labute approximate surface area is 40.3 Å². The van der Waals surface area contributed by atoms with Crippen LogP contribution in [-0.4, -0.2) is 17.9 Å². The Morgan fingerprint density at radius 2 is 2.14 bits per heavy atom. The molecule has 3 nitrogen and oxygen atoms in total. The zero-order valence-electron chi connectivity index (χ0n) is 3.80. The van der Waals surface area contributed by atoms with Crippen LogP contribution in [-0.2, 0) is 14.3 Å². The van der Waals surface area contributed by atoms with Crippen molar-refractivity contribution in [3.63, 3.8) is 0 Å². The highest BCUT2D eigenvalue weighted by molar-refractivity contribution is 6.40. The van der Waals surface area contributed by atoms with Crippen LogP contribution in [0.3, 0.4) is 0 Å².